The Hall–Kier alpha value is -3.41. The summed E-state index contributed by atoms with van der Waals surface area (Å²) in [6.07, 6.45) is 4.19. The Labute approximate surface area is 176 Å². The zero-order valence-corrected chi connectivity index (χ0v) is 18.0. The lowest BCUT2D eigenvalue weighted by Crippen LogP contribution is -2.21. The van der Waals surface area contributed by atoms with Crippen LogP contribution >= 0.6 is 0 Å². The molecule has 0 fully saturated rings. The molecular weight excluding hydrogens is 382 g/mol. The van der Waals surface area contributed by atoms with E-state index in [1.54, 1.807) is 33.7 Å². The Balaban J connectivity index is 2.09. The van der Waals surface area contributed by atoms with E-state index >= 15 is 0 Å². The van der Waals surface area contributed by atoms with Crippen molar-refractivity contribution in [3.8, 4) is 28.4 Å². The maximum atomic E-state index is 12.1. The Kier molecular flexibility index (Phi) is 6.67. The molecule has 158 valence electrons. The van der Waals surface area contributed by atoms with Crippen molar-refractivity contribution in [3.63, 3.8) is 0 Å². The van der Waals surface area contributed by atoms with Gasteiger partial charge in [-0.25, -0.2) is 0 Å². The molecule has 0 aliphatic heterocycles. The standard InChI is InChI=1S/C24H27NO5/c1-6-9-25-24(26)10-15(2)17-12-18-19(14-30-22(18)13-21(17)28-4)16-7-8-20(27-3)23(11-16)29-5/h7-8,10-14H,6,9H2,1-5H3,(H,25,26)/b15-10+. The minimum absolute atomic E-state index is 0.121. The van der Waals surface area contributed by atoms with Gasteiger partial charge in [0.2, 0.25) is 5.91 Å². The van der Waals surface area contributed by atoms with Crippen LogP contribution in [-0.4, -0.2) is 33.8 Å². The number of fused-ring (bicyclic) bond motifs is 1. The summed E-state index contributed by atoms with van der Waals surface area (Å²) in [5, 5.41) is 3.78. The molecule has 6 nitrogen and oxygen atoms in total. The maximum Gasteiger partial charge on any atom is 0.244 e. The number of nitrogens with one attached hydrogen (secondary N) is 1. The van der Waals surface area contributed by atoms with Gasteiger partial charge in [-0.15, -0.1) is 0 Å². The van der Waals surface area contributed by atoms with Crippen molar-refractivity contribution in [3.05, 3.63) is 48.2 Å². The van der Waals surface area contributed by atoms with Crippen LogP contribution in [0.2, 0.25) is 0 Å². The molecule has 0 aliphatic carbocycles. The molecule has 0 saturated heterocycles. The predicted molar refractivity (Wildman–Crippen MR) is 118 cm³/mol. The van der Waals surface area contributed by atoms with Crippen LogP contribution in [0.25, 0.3) is 27.7 Å². The van der Waals surface area contributed by atoms with Gasteiger partial charge in [-0.3, -0.25) is 4.79 Å². The van der Waals surface area contributed by atoms with Crippen molar-refractivity contribution in [2.75, 3.05) is 27.9 Å². The van der Waals surface area contributed by atoms with E-state index in [1.165, 1.54) is 0 Å². The fraction of sp³-hybridized carbons (Fsp3) is 0.292. The maximum absolute atomic E-state index is 12.1. The monoisotopic (exact) mass is 409 g/mol. The lowest BCUT2D eigenvalue weighted by Gasteiger charge is -2.11. The number of ether oxygens (including phenoxy) is 3. The molecule has 1 N–H and O–H groups in total. The highest BCUT2D eigenvalue weighted by atomic mass is 16.5. The summed E-state index contributed by atoms with van der Waals surface area (Å²) < 4.78 is 22.1. The van der Waals surface area contributed by atoms with Gasteiger partial charge in [0.15, 0.2) is 11.5 Å². The number of hydrogen-bond donors (Lipinski definition) is 1. The molecule has 1 aromatic heterocycles. The third kappa shape index (κ3) is 4.27. The topological polar surface area (TPSA) is 69.9 Å². The first kappa shape index (κ1) is 21.3. The van der Waals surface area contributed by atoms with Crippen molar-refractivity contribution < 1.29 is 23.4 Å². The van der Waals surface area contributed by atoms with Crippen LogP contribution in [0, 0.1) is 0 Å². The summed E-state index contributed by atoms with van der Waals surface area (Å²) in [4.78, 5) is 12.1. The molecule has 0 radical (unpaired) electrons. The molecule has 6 heteroatoms. The third-order valence-corrected chi connectivity index (χ3v) is 4.91. The molecule has 0 bridgehead atoms. The quantitative estimate of drug-likeness (QED) is 0.527. The number of hydrogen-bond acceptors (Lipinski definition) is 5. The highest BCUT2D eigenvalue weighted by Crippen LogP contribution is 2.39. The average molecular weight is 409 g/mol. The molecule has 0 unspecified atom stereocenters. The van der Waals surface area contributed by atoms with Crippen molar-refractivity contribution in [1.29, 1.82) is 0 Å². The molecule has 1 heterocycles. The van der Waals surface area contributed by atoms with Crippen LogP contribution in [-0.2, 0) is 4.79 Å². The number of carbonyl (C=O) groups is 1. The summed E-state index contributed by atoms with van der Waals surface area (Å²) in [6, 6.07) is 9.56. The van der Waals surface area contributed by atoms with E-state index in [2.05, 4.69) is 5.32 Å². The number of rotatable bonds is 8. The van der Waals surface area contributed by atoms with Crippen LogP contribution in [0.3, 0.4) is 0 Å². The summed E-state index contributed by atoms with van der Waals surface area (Å²) >= 11 is 0. The Morgan fingerprint density at radius 1 is 1.03 bits per heavy atom. The van der Waals surface area contributed by atoms with Gasteiger partial charge >= 0.3 is 0 Å². The zero-order chi connectivity index (χ0) is 21.7. The SMILES string of the molecule is CCCNC(=O)/C=C(\C)c1cc2c(-c3ccc(OC)c(OC)c3)coc2cc1OC. The Bertz CT molecular complexity index is 1080. The lowest BCUT2D eigenvalue weighted by molar-refractivity contribution is -0.116. The van der Waals surface area contributed by atoms with Crippen molar-refractivity contribution in [2.24, 2.45) is 0 Å². The first-order chi connectivity index (χ1) is 14.5. The highest BCUT2D eigenvalue weighted by molar-refractivity contribution is 6.00. The fourth-order valence-corrected chi connectivity index (χ4v) is 3.33. The van der Waals surface area contributed by atoms with E-state index in [9.17, 15) is 4.79 Å². The summed E-state index contributed by atoms with van der Waals surface area (Å²) in [5.41, 5.74) is 4.19. The second-order valence-corrected chi connectivity index (χ2v) is 6.89. The van der Waals surface area contributed by atoms with Crippen molar-refractivity contribution >= 4 is 22.4 Å². The lowest BCUT2D eigenvalue weighted by atomic mass is 9.99. The highest BCUT2D eigenvalue weighted by Gasteiger charge is 2.16. The largest absolute Gasteiger partial charge is 0.496 e. The first-order valence-electron chi connectivity index (χ1n) is 9.80. The molecule has 3 rings (SSSR count). The van der Waals surface area contributed by atoms with Gasteiger partial charge in [0.25, 0.3) is 0 Å². The number of methoxy groups -OCH3 is 3. The van der Waals surface area contributed by atoms with E-state index in [4.69, 9.17) is 18.6 Å². The normalized spacial score (nSPS) is 11.4. The summed E-state index contributed by atoms with van der Waals surface area (Å²) in [7, 11) is 4.82. The van der Waals surface area contributed by atoms with E-state index < -0.39 is 0 Å². The number of amides is 1. The molecule has 1 amide bonds. The second-order valence-electron chi connectivity index (χ2n) is 6.89. The van der Waals surface area contributed by atoms with E-state index in [1.807, 2.05) is 44.2 Å². The molecule has 2 aromatic carbocycles. The Morgan fingerprint density at radius 3 is 2.43 bits per heavy atom. The van der Waals surface area contributed by atoms with Gasteiger partial charge in [-0.2, -0.15) is 0 Å². The van der Waals surface area contributed by atoms with Gasteiger partial charge < -0.3 is 23.9 Å². The second kappa shape index (κ2) is 9.39. The van der Waals surface area contributed by atoms with Gasteiger partial charge in [-0.05, 0) is 42.7 Å². The number of carbonyl (C=O) groups excluding carboxylic acids is 1. The molecular formula is C24H27NO5. The first-order valence-corrected chi connectivity index (χ1v) is 9.80. The van der Waals surface area contributed by atoms with Gasteiger partial charge in [-0.1, -0.05) is 13.0 Å². The molecule has 0 atom stereocenters. The third-order valence-electron chi connectivity index (χ3n) is 4.91. The number of benzene rings is 2. The minimum atomic E-state index is -0.121. The number of furan rings is 1. The van der Waals surface area contributed by atoms with Crippen LogP contribution < -0.4 is 19.5 Å². The molecule has 0 spiro atoms. The van der Waals surface area contributed by atoms with Gasteiger partial charge in [0.1, 0.15) is 11.3 Å². The summed E-state index contributed by atoms with van der Waals surface area (Å²) in [6.45, 7) is 4.55. The van der Waals surface area contributed by atoms with Crippen LogP contribution in [0.15, 0.2) is 47.1 Å². The van der Waals surface area contributed by atoms with E-state index in [0.29, 0.717) is 29.4 Å². The van der Waals surface area contributed by atoms with E-state index in [0.717, 1.165) is 34.1 Å². The minimum Gasteiger partial charge on any atom is -0.496 e. The molecule has 3 aromatic rings. The fourth-order valence-electron chi connectivity index (χ4n) is 3.33. The Morgan fingerprint density at radius 2 is 1.77 bits per heavy atom. The predicted octanol–water partition coefficient (Wildman–Crippen LogP) is 5.06. The van der Waals surface area contributed by atoms with E-state index in [-0.39, 0.29) is 5.91 Å². The molecule has 0 saturated carbocycles. The van der Waals surface area contributed by atoms with Crippen molar-refractivity contribution in [1.82, 2.24) is 5.32 Å². The van der Waals surface area contributed by atoms with Crippen LogP contribution in [0.5, 0.6) is 17.2 Å². The molecule has 30 heavy (non-hydrogen) atoms. The average Bonchev–Trinajstić information content (AvgIpc) is 3.18. The van der Waals surface area contributed by atoms with Crippen molar-refractivity contribution in [2.45, 2.75) is 20.3 Å². The van der Waals surface area contributed by atoms with Gasteiger partial charge in [0.05, 0.1) is 27.6 Å². The smallest absolute Gasteiger partial charge is 0.244 e. The van der Waals surface area contributed by atoms with Gasteiger partial charge in [0, 0.05) is 35.2 Å². The molecule has 0 aliphatic rings. The van der Waals surface area contributed by atoms with Crippen LogP contribution in [0.4, 0.5) is 0 Å². The van der Waals surface area contributed by atoms with Crippen LogP contribution in [0.1, 0.15) is 25.8 Å². The summed E-state index contributed by atoms with van der Waals surface area (Å²) in [5.74, 6) is 1.83. The number of allylic oxidation sites excluding steroid dienone is 1. The zero-order valence-electron chi connectivity index (χ0n) is 18.0.